The van der Waals surface area contributed by atoms with Gasteiger partial charge in [-0.15, -0.1) is 10.2 Å². The number of hydrogen-bond donors (Lipinski definition) is 1. The van der Waals surface area contributed by atoms with E-state index in [2.05, 4.69) is 15.5 Å². The summed E-state index contributed by atoms with van der Waals surface area (Å²) in [6, 6.07) is 5.70. The molecule has 1 heterocycles. The number of anilines is 1. The standard InChI is InChI=1S/C15H19N3O3S/c1-4-21-12-7-5-11(9-13(12)20-3)6-8-14(19)16-15-18-17-10(2)22-15/h5,7,9H,4,6,8H2,1-3H3,(H,16,18,19). The van der Waals surface area contributed by atoms with E-state index < -0.39 is 0 Å². The number of nitrogens with one attached hydrogen (secondary N) is 1. The maximum absolute atomic E-state index is 11.9. The summed E-state index contributed by atoms with van der Waals surface area (Å²) in [6.45, 7) is 4.35. The molecule has 1 aromatic carbocycles. The van der Waals surface area contributed by atoms with Crippen LogP contribution in [0.5, 0.6) is 11.5 Å². The molecule has 0 saturated heterocycles. The summed E-state index contributed by atoms with van der Waals surface area (Å²) in [5.41, 5.74) is 1.02. The second-order valence-corrected chi connectivity index (χ2v) is 5.77. The third-order valence-corrected chi connectivity index (χ3v) is 3.70. The number of aryl methyl sites for hydroxylation is 2. The number of benzene rings is 1. The minimum absolute atomic E-state index is 0.0796. The lowest BCUT2D eigenvalue weighted by atomic mass is 10.1. The summed E-state index contributed by atoms with van der Waals surface area (Å²) in [7, 11) is 1.60. The van der Waals surface area contributed by atoms with Crippen molar-refractivity contribution in [3.8, 4) is 11.5 Å². The zero-order valence-electron chi connectivity index (χ0n) is 12.9. The number of carbonyl (C=O) groups excluding carboxylic acids is 1. The fraction of sp³-hybridized carbons (Fsp3) is 0.400. The third-order valence-electron chi connectivity index (χ3n) is 2.94. The molecule has 0 saturated carbocycles. The molecule has 0 bridgehead atoms. The van der Waals surface area contributed by atoms with E-state index in [9.17, 15) is 4.79 Å². The molecule has 2 aromatic rings. The summed E-state index contributed by atoms with van der Waals surface area (Å²) in [6.07, 6.45) is 0.988. The van der Waals surface area contributed by atoms with Crippen molar-refractivity contribution in [1.29, 1.82) is 0 Å². The van der Waals surface area contributed by atoms with Crippen LogP contribution in [0.2, 0.25) is 0 Å². The topological polar surface area (TPSA) is 73.3 Å². The van der Waals surface area contributed by atoms with Gasteiger partial charge < -0.3 is 14.8 Å². The van der Waals surface area contributed by atoms with E-state index in [4.69, 9.17) is 9.47 Å². The average Bonchev–Trinajstić information content (AvgIpc) is 2.91. The molecule has 0 aliphatic rings. The first-order valence-electron chi connectivity index (χ1n) is 7.02. The van der Waals surface area contributed by atoms with Gasteiger partial charge in [-0.05, 0) is 38.0 Å². The van der Waals surface area contributed by atoms with Crippen LogP contribution in [0, 0.1) is 6.92 Å². The predicted molar refractivity (Wildman–Crippen MR) is 85.8 cm³/mol. The molecule has 0 aliphatic carbocycles. The van der Waals surface area contributed by atoms with Crippen LogP contribution in [0.15, 0.2) is 18.2 Å². The largest absolute Gasteiger partial charge is 0.493 e. The Labute approximate surface area is 133 Å². The lowest BCUT2D eigenvalue weighted by Gasteiger charge is -2.10. The molecule has 1 N–H and O–H groups in total. The van der Waals surface area contributed by atoms with Gasteiger partial charge in [-0.1, -0.05) is 17.4 Å². The first-order valence-corrected chi connectivity index (χ1v) is 7.83. The zero-order valence-corrected chi connectivity index (χ0v) is 13.7. The summed E-state index contributed by atoms with van der Waals surface area (Å²) in [4.78, 5) is 11.9. The highest BCUT2D eigenvalue weighted by Crippen LogP contribution is 2.28. The molecule has 7 heteroatoms. The molecule has 0 atom stereocenters. The zero-order chi connectivity index (χ0) is 15.9. The molecule has 1 aromatic heterocycles. The molecule has 1 amide bonds. The quantitative estimate of drug-likeness (QED) is 0.849. The van der Waals surface area contributed by atoms with Crippen molar-refractivity contribution in [2.45, 2.75) is 26.7 Å². The van der Waals surface area contributed by atoms with Gasteiger partial charge >= 0.3 is 0 Å². The van der Waals surface area contributed by atoms with E-state index in [1.165, 1.54) is 11.3 Å². The first kappa shape index (κ1) is 16.2. The number of aromatic nitrogens is 2. The van der Waals surface area contributed by atoms with Crippen molar-refractivity contribution in [3.63, 3.8) is 0 Å². The second kappa shape index (κ2) is 7.74. The molecular weight excluding hydrogens is 302 g/mol. The summed E-state index contributed by atoms with van der Waals surface area (Å²) in [5.74, 6) is 1.31. The number of rotatable bonds is 7. The molecule has 2 rings (SSSR count). The Morgan fingerprint density at radius 2 is 2.14 bits per heavy atom. The molecular formula is C15H19N3O3S. The second-order valence-electron chi connectivity index (χ2n) is 4.59. The summed E-state index contributed by atoms with van der Waals surface area (Å²) in [5, 5.41) is 11.8. The van der Waals surface area contributed by atoms with Gasteiger partial charge in [0.25, 0.3) is 0 Å². The highest BCUT2D eigenvalue weighted by atomic mass is 32.1. The van der Waals surface area contributed by atoms with E-state index in [1.54, 1.807) is 7.11 Å². The predicted octanol–water partition coefficient (Wildman–Crippen LogP) is 2.83. The number of ether oxygens (including phenoxy) is 2. The Bertz CT molecular complexity index is 643. The van der Waals surface area contributed by atoms with Crippen LogP contribution in [0.1, 0.15) is 23.9 Å². The Kier molecular flexibility index (Phi) is 5.71. The van der Waals surface area contributed by atoms with Crippen LogP contribution < -0.4 is 14.8 Å². The van der Waals surface area contributed by atoms with Crippen molar-refractivity contribution < 1.29 is 14.3 Å². The van der Waals surface area contributed by atoms with Crippen LogP contribution in [0.4, 0.5) is 5.13 Å². The fourth-order valence-electron chi connectivity index (χ4n) is 1.93. The molecule has 0 aliphatic heterocycles. The minimum atomic E-state index is -0.0796. The fourth-order valence-corrected chi connectivity index (χ4v) is 2.54. The van der Waals surface area contributed by atoms with Crippen LogP contribution in [-0.4, -0.2) is 29.8 Å². The maximum atomic E-state index is 11.9. The molecule has 0 unspecified atom stereocenters. The van der Waals surface area contributed by atoms with E-state index in [-0.39, 0.29) is 5.91 Å². The lowest BCUT2D eigenvalue weighted by Crippen LogP contribution is -2.12. The van der Waals surface area contributed by atoms with Gasteiger partial charge in [0.05, 0.1) is 13.7 Å². The Morgan fingerprint density at radius 3 is 2.77 bits per heavy atom. The summed E-state index contributed by atoms with van der Waals surface area (Å²) < 4.78 is 10.8. The molecule has 0 fully saturated rings. The van der Waals surface area contributed by atoms with Gasteiger partial charge in [-0.2, -0.15) is 0 Å². The minimum Gasteiger partial charge on any atom is -0.493 e. The van der Waals surface area contributed by atoms with E-state index in [1.807, 2.05) is 32.0 Å². The normalized spacial score (nSPS) is 10.3. The smallest absolute Gasteiger partial charge is 0.226 e. The lowest BCUT2D eigenvalue weighted by molar-refractivity contribution is -0.116. The van der Waals surface area contributed by atoms with Crippen LogP contribution in [-0.2, 0) is 11.2 Å². The molecule has 6 nitrogen and oxygen atoms in total. The van der Waals surface area contributed by atoms with Crippen molar-refractivity contribution in [3.05, 3.63) is 28.8 Å². The van der Waals surface area contributed by atoms with E-state index in [0.29, 0.717) is 36.1 Å². The van der Waals surface area contributed by atoms with Gasteiger partial charge in [0.1, 0.15) is 5.01 Å². The van der Waals surface area contributed by atoms with Gasteiger partial charge in [0.15, 0.2) is 11.5 Å². The Morgan fingerprint density at radius 1 is 1.32 bits per heavy atom. The number of amides is 1. The van der Waals surface area contributed by atoms with Gasteiger partial charge in [0.2, 0.25) is 11.0 Å². The maximum Gasteiger partial charge on any atom is 0.226 e. The van der Waals surface area contributed by atoms with Crippen LogP contribution in [0.3, 0.4) is 0 Å². The highest BCUT2D eigenvalue weighted by molar-refractivity contribution is 7.15. The Balaban J connectivity index is 1.92. The van der Waals surface area contributed by atoms with Crippen molar-refractivity contribution >= 4 is 22.4 Å². The molecule has 0 radical (unpaired) electrons. The number of carbonyl (C=O) groups is 1. The molecule has 22 heavy (non-hydrogen) atoms. The molecule has 0 spiro atoms. The number of methoxy groups -OCH3 is 1. The first-order chi connectivity index (χ1) is 10.6. The summed E-state index contributed by atoms with van der Waals surface area (Å²) >= 11 is 1.36. The number of hydrogen-bond acceptors (Lipinski definition) is 6. The molecule has 118 valence electrons. The van der Waals surface area contributed by atoms with Gasteiger partial charge in [0, 0.05) is 6.42 Å². The number of nitrogens with zero attached hydrogens (tertiary/aromatic N) is 2. The monoisotopic (exact) mass is 321 g/mol. The highest BCUT2D eigenvalue weighted by Gasteiger charge is 2.09. The van der Waals surface area contributed by atoms with E-state index in [0.717, 1.165) is 10.6 Å². The Hall–Kier alpha value is -2.15. The van der Waals surface area contributed by atoms with Crippen molar-refractivity contribution in [2.24, 2.45) is 0 Å². The van der Waals surface area contributed by atoms with Gasteiger partial charge in [-0.3, -0.25) is 4.79 Å². The van der Waals surface area contributed by atoms with E-state index >= 15 is 0 Å². The van der Waals surface area contributed by atoms with Crippen LogP contribution >= 0.6 is 11.3 Å². The average molecular weight is 321 g/mol. The van der Waals surface area contributed by atoms with Crippen LogP contribution in [0.25, 0.3) is 0 Å². The van der Waals surface area contributed by atoms with Crippen molar-refractivity contribution in [1.82, 2.24) is 10.2 Å². The van der Waals surface area contributed by atoms with Crippen molar-refractivity contribution in [2.75, 3.05) is 19.0 Å². The SMILES string of the molecule is CCOc1ccc(CCC(=O)Nc2nnc(C)s2)cc1OC. The van der Waals surface area contributed by atoms with Gasteiger partial charge in [-0.25, -0.2) is 0 Å². The third kappa shape index (κ3) is 4.42.